The summed E-state index contributed by atoms with van der Waals surface area (Å²) >= 11 is 0. The van der Waals surface area contributed by atoms with Crippen LogP contribution in [0, 0.1) is 6.92 Å². The Kier molecular flexibility index (Phi) is 8.86. The lowest BCUT2D eigenvalue weighted by atomic mass is 10.2. The Morgan fingerprint density at radius 1 is 1.00 bits per heavy atom. The number of carbonyl (C=O) groups is 1. The quantitative estimate of drug-likeness (QED) is 0.322. The van der Waals surface area contributed by atoms with E-state index in [2.05, 4.69) is 10.5 Å². The van der Waals surface area contributed by atoms with Crippen molar-refractivity contribution in [2.24, 2.45) is 5.10 Å². The van der Waals surface area contributed by atoms with Gasteiger partial charge in [0.05, 0.1) is 24.8 Å². The zero-order valence-corrected chi connectivity index (χ0v) is 20.8. The Balaban J connectivity index is 1.65. The number of carbonyl (C=O) groups excluding carboxylic acids is 1. The van der Waals surface area contributed by atoms with Crippen LogP contribution in [-0.2, 0) is 21.4 Å². The Morgan fingerprint density at radius 2 is 1.77 bits per heavy atom. The fourth-order valence-electron chi connectivity index (χ4n) is 3.26. The van der Waals surface area contributed by atoms with E-state index in [0.717, 1.165) is 21.7 Å². The highest BCUT2D eigenvalue weighted by Gasteiger charge is 2.20. The van der Waals surface area contributed by atoms with E-state index in [-0.39, 0.29) is 0 Å². The number of nitrogens with one attached hydrogen (secondary N) is 1. The van der Waals surface area contributed by atoms with Crippen LogP contribution in [0.1, 0.15) is 23.6 Å². The molecule has 1 N–H and O–H groups in total. The molecule has 9 heteroatoms. The molecule has 3 rings (SSSR count). The minimum Gasteiger partial charge on any atom is -0.490 e. The molecule has 0 aliphatic rings. The molecule has 0 aromatic heterocycles. The van der Waals surface area contributed by atoms with Crippen LogP contribution in [0.15, 0.2) is 77.9 Å². The van der Waals surface area contributed by atoms with Gasteiger partial charge >= 0.3 is 0 Å². The van der Waals surface area contributed by atoms with E-state index in [1.807, 2.05) is 50.2 Å². The summed E-state index contributed by atoms with van der Waals surface area (Å²) in [6.45, 7) is 4.20. The van der Waals surface area contributed by atoms with E-state index in [9.17, 15) is 13.2 Å². The minimum atomic E-state index is -3.66. The second kappa shape index (κ2) is 12.0. The highest BCUT2D eigenvalue weighted by Crippen LogP contribution is 2.29. The van der Waals surface area contributed by atoms with E-state index >= 15 is 0 Å². The normalized spacial score (nSPS) is 11.3. The topological polar surface area (TPSA) is 97.3 Å². The lowest BCUT2D eigenvalue weighted by Crippen LogP contribution is -2.39. The number of aryl methyl sites for hydroxylation is 1. The highest BCUT2D eigenvalue weighted by molar-refractivity contribution is 7.92. The molecule has 0 saturated heterocycles. The van der Waals surface area contributed by atoms with Gasteiger partial charge < -0.3 is 9.47 Å². The molecule has 3 aromatic rings. The maximum atomic E-state index is 12.4. The van der Waals surface area contributed by atoms with Gasteiger partial charge in [0.2, 0.25) is 10.0 Å². The molecule has 0 radical (unpaired) electrons. The van der Waals surface area contributed by atoms with Crippen LogP contribution in [0.5, 0.6) is 11.5 Å². The van der Waals surface area contributed by atoms with Gasteiger partial charge in [-0.3, -0.25) is 9.10 Å². The van der Waals surface area contributed by atoms with Crippen molar-refractivity contribution in [2.75, 3.05) is 23.7 Å². The number of hydrogen-bond donors (Lipinski definition) is 1. The first-order chi connectivity index (χ1) is 16.8. The Bertz CT molecular complexity index is 1280. The monoisotopic (exact) mass is 495 g/mol. The van der Waals surface area contributed by atoms with Crippen LogP contribution >= 0.6 is 0 Å². The molecule has 3 aromatic carbocycles. The van der Waals surface area contributed by atoms with Crippen molar-refractivity contribution in [2.45, 2.75) is 20.5 Å². The molecule has 0 bridgehead atoms. The Morgan fingerprint density at radius 3 is 2.46 bits per heavy atom. The van der Waals surface area contributed by atoms with E-state index in [1.54, 1.807) is 36.4 Å². The van der Waals surface area contributed by atoms with Crippen LogP contribution in [0.2, 0.25) is 0 Å². The third kappa shape index (κ3) is 7.86. The molecule has 0 fully saturated rings. The number of amides is 1. The van der Waals surface area contributed by atoms with Gasteiger partial charge in [0.25, 0.3) is 5.91 Å². The van der Waals surface area contributed by atoms with Crippen molar-refractivity contribution in [3.05, 3.63) is 89.5 Å². The van der Waals surface area contributed by atoms with Crippen LogP contribution in [0.4, 0.5) is 5.69 Å². The smallest absolute Gasteiger partial charge is 0.260 e. The summed E-state index contributed by atoms with van der Waals surface area (Å²) in [5.74, 6) is 0.585. The minimum absolute atomic E-state index is 0.393. The van der Waals surface area contributed by atoms with Crippen molar-refractivity contribution < 1.29 is 22.7 Å². The average molecular weight is 496 g/mol. The predicted molar refractivity (Wildman–Crippen MR) is 137 cm³/mol. The number of rotatable bonds is 11. The molecule has 0 unspecified atom stereocenters. The van der Waals surface area contributed by atoms with E-state index in [4.69, 9.17) is 9.47 Å². The van der Waals surface area contributed by atoms with Gasteiger partial charge in [-0.05, 0) is 60.9 Å². The predicted octanol–water partition coefficient (Wildman–Crippen LogP) is 3.89. The molecule has 0 aliphatic heterocycles. The first kappa shape index (κ1) is 25.8. The molecule has 0 atom stereocenters. The molecule has 0 saturated carbocycles. The van der Waals surface area contributed by atoms with E-state index in [1.165, 1.54) is 6.21 Å². The van der Waals surface area contributed by atoms with Gasteiger partial charge in [-0.1, -0.05) is 42.5 Å². The zero-order chi connectivity index (χ0) is 25.3. The molecule has 8 nitrogen and oxygen atoms in total. The molecule has 35 heavy (non-hydrogen) atoms. The van der Waals surface area contributed by atoms with Crippen molar-refractivity contribution in [1.29, 1.82) is 0 Å². The summed E-state index contributed by atoms with van der Waals surface area (Å²) in [5.41, 5.74) is 5.40. The van der Waals surface area contributed by atoms with Gasteiger partial charge in [0.15, 0.2) is 11.5 Å². The van der Waals surface area contributed by atoms with E-state index < -0.39 is 22.5 Å². The van der Waals surface area contributed by atoms with Crippen LogP contribution in [0.25, 0.3) is 0 Å². The average Bonchev–Trinajstić information content (AvgIpc) is 2.82. The fourth-order valence-corrected chi connectivity index (χ4v) is 4.10. The van der Waals surface area contributed by atoms with Crippen LogP contribution < -0.4 is 19.2 Å². The molecule has 0 heterocycles. The molecular weight excluding hydrogens is 466 g/mol. The number of hydrazone groups is 1. The van der Waals surface area contributed by atoms with Gasteiger partial charge in [-0.25, -0.2) is 13.8 Å². The van der Waals surface area contributed by atoms with Crippen LogP contribution in [-0.4, -0.2) is 39.9 Å². The SMILES string of the molecule is CCOc1cc(/C=N\NC(=O)CN(c2cccc(C)c2)S(C)(=O)=O)ccc1OCc1ccccc1. The first-order valence-corrected chi connectivity index (χ1v) is 12.9. The first-order valence-electron chi connectivity index (χ1n) is 11.1. The Hall–Kier alpha value is -3.85. The third-order valence-corrected chi connectivity index (χ3v) is 6.03. The summed E-state index contributed by atoms with van der Waals surface area (Å²) in [6, 6.07) is 22.1. The van der Waals surface area contributed by atoms with Gasteiger partial charge in [-0.2, -0.15) is 5.10 Å². The summed E-state index contributed by atoms with van der Waals surface area (Å²) < 4.78 is 37.1. The van der Waals surface area contributed by atoms with Crippen molar-refractivity contribution in [3.8, 4) is 11.5 Å². The number of hydrogen-bond acceptors (Lipinski definition) is 6. The van der Waals surface area contributed by atoms with Gasteiger partial charge in [0, 0.05) is 0 Å². The maximum Gasteiger partial charge on any atom is 0.260 e. The number of nitrogens with zero attached hydrogens (tertiary/aromatic N) is 2. The summed E-state index contributed by atoms with van der Waals surface area (Å²) in [7, 11) is -3.66. The molecule has 0 spiro atoms. The zero-order valence-electron chi connectivity index (χ0n) is 20.0. The number of sulfonamides is 1. The third-order valence-electron chi connectivity index (χ3n) is 4.88. The summed E-state index contributed by atoms with van der Waals surface area (Å²) in [4.78, 5) is 12.4. The van der Waals surface area contributed by atoms with Crippen molar-refractivity contribution in [1.82, 2.24) is 5.43 Å². The second-order valence-electron chi connectivity index (χ2n) is 7.82. The second-order valence-corrected chi connectivity index (χ2v) is 9.72. The summed E-state index contributed by atoms with van der Waals surface area (Å²) in [6.07, 6.45) is 2.52. The van der Waals surface area contributed by atoms with Crippen LogP contribution in [0.3, 0.4) is 0 Å². The number of benzene rings is 3. The van der Waals surface area contributed by atoms with Crippen molar-refractivity contribution in [3.63, 3.8) is 0 Å². The van der Waals surface area contributed by atoms with E-state index in [0.29, 0.717) is 36.0 Å². The molecular formula is C26H29N3O5S. The largest absolute Gasteiger partial charge is 0.490 e. The highest BCUT2D eigenvalue weighted by atomic mass is 32.2. The number of ether oxygens (including phenoxy) is 2. The van der Waals surface area contributed by atoms with Gasteiger partial charge in [-0.15, -0.1) is 0 Å². The molecule has 1 amide bonds. The Labute approximate surface area is 206 Å². The van der Waals surface area contributed by atoms with Gasteiger partial charge in [0.1, 0.15) is 13.2 Å². The maximum absolute atomic E-state index is 12.4. The van der Waals surface area contributed by atoms with Crippen molar-refractivity contribution >= 4 is 27.8 Å². The molecule has 184 valence electrons. The number of anilines is 1. The molecule has 0 aliphatic carbocycles. The lowest BCUT2D eigenvalue weighted by molar-refractivity contribution is -0.119. The fraction of sp³-hybridized carbons (Fsp3) is 0.231. The standard InChI is InChI=1S/C26H29N3O5S/c1-4-33-25-16-22(13-14-24(25)34-19-21-10-6-5-7-11-21)17-27-28-26(30)18-29(35(3,31)32)23-12-8-9-20(2)15-23/h5-17H,4,18-19H2,1-3H3,(H,28,30)/b27-17-. The summed E-state index contributed by atoms with van der Waals surface area (Å²) in [5, 5.41) is 3.97. The lowest BCUT2D eigenvalue weighted by Gasteiger charge is -2.21.